The molecule has 5 heteroatoms. The zero-order chi connectivity index (χ0) is 13.1. The number of rotatable bonds is 4. The van der Waals surface area contributed by atoms with E-state index in [9.17, 15) is 9.59 Å². The summed E-state index contributed by atoms with van der Waals surface area (Å²) in [5, 5.41) is 3.55. The largest absolute Gasteiger partial charge is 0.328 e. The van der Waals surface area contributed by atoms with Gasteiger partial charge in [0.05, 0.1) is 10.9 Å². The highest BCUT2D eigenvalue weighted by atomic mass is 16.2. The second kappa shape index (κ2) is 5.18. The SMILES string of the molecule is CNCCCn1c(=O)[nH]c2cc(C)ccc2c1=O. The Morgan fingerprint density at radius 1 is 1.33 bits per heavy atom. The molecule has 0 saturated heterocycles. The molecule has 0 atom stereocenters. The van der Waals surface area contributed by atoms with Crippen molar-refractivity contribution in [2.45, 2.75) is 19.9 Å². The van der Waals surface area contributed by atoms with Crippen LogP contribution in [0.3, 0.4) is 0 Å². The summed E-state index contributed by atoms with van der Waals surface area (Å²) in [6.07, 6.45) is 0.747. The summed E-state index contributed by atoms with van der Waals surface area (Å²) in [6.45, 7) is 3.13. The molecule has 0 saturated carbocycles. The molecule has 0 amide bonds. The predicted octanol–water partition coefficient (Wildman–Crippen LogP) is 0.608. The first-order valence-electron chi connectivity index (χ1n) is 6.01. The number of hydrogen-bond acceptors (Lipinski definition) is 3. The number of H-pyrrole nitrogens is 1. The Labute approximate surface area is 104 Å². The van der Waals surface area contributed by atoms with Crippen LogP contribution < -0.4 is 16.6 Å². The average molecular weight is 247 g/mol. The summed E-state index contributed by atoms with van der Waals surface area (Å²) in [4.78, 5) is 26.8. The predicted molar refractivity (Wildman–Crippen MR) is 72.1 cm³/mol. The topological polar surface area (TPSA) is 66.9 Å². The third kappa shape index (κ3) is 2.36. The quantitative estimate of drug-likeness (QED) is 0.778. The Hall–Kier alpha value is -1.88. The fraction of sp³-hybridized carbons (Fsp3) is 0.385. The van der Waals surface area contributed by atoms with Crippen LogP contribution in [0, 0.1) is 6.92 Å². The molecule has 0 aliphatic heterocycles. The van der Waals surface area contributed by atoms with Crippen molar-refractivity contribution in [2.24, 2.45) is 0 Å². The highest BCUT2D eigenvalue weighted by Gasteiger charge is 2.06. The van der Waals surface area contributed by atoms with Crippen LogP contribution in [0.5, 0.6) is 0 Å². The number of aromatic nitrogens is 2. The first kappa shape index (κ1) is 12.6. The second-order valence-corrected chi connectivity index (χ2v) is 4.39. The van der Waals surface area contributed by atoms with E-state index in [0.717, 1.165) is 18.5 Å². The van der Waals surface area contributed by atoms with E-state index in [1.165, 1.54) is 4.57 Å². The van der Waals surface area contributed by atoms with Gasteiger partial charge >= 0.3 is 5.69 Å². The molecule has 1 heterocycles. The molecule has 0 fully saturated rings. The van der Waals surface area contributed by atoms with Gasteiger partial charge in [-0.2, -0.15) is 0 Å². The van der Waals surface area contributed by atoms with Crippen LogP contribution in [-0.4, -0.2) is 23.1 Å². The Morgan fingerprint density at radius 2 is 2.11 bits per heavy atom. The fourth-order valence-corrected chi connectivity index (χ4v) is 1.99. The number of benzene rings is 1. The molecule has 5 nitrogen and oxygen atoms in total. The van der Waals surface area contributed by atoms with Gasteiger partial charge in [-0.05, 0) is 44.6 Å². The van der Waals surface area contributed by atoms with E-state index >= 15 is 0 Å². The summed E-state index contributed by atoms with van der Waals surface area (Å²) in [5.74, 6) is 0. The van der Waals surface area contributed by atoms with Gasteiger partial charge in [0.1, 0.15) is 0 Å². The molecule has 1 aromatic heterocycles. The molecule has 1 aromatic carbocycles. The van der Waals surface area contributed by atoms with Crippen molar-refractivity contribution in [1.82, 2.24) is 14.9 Å². The van der Waals surface area contributed by atoms with Gasteiger partial charge in [-0.15, -0.1) is 0 Å². The van der Waals surface area contributed by atoms with E-state index in [4.69, 9.17) is 0 Å². The molecular formula is C13H17N3O2. The number of nitrogens with one attached hydrogen (secondary N) is 2. The molecule has 2 rings (SSSR count). The maximum atomic E-state index is 12.2. The first-order valence-corrected chi connectivity index (χ1v) is 6.01. The minimum Gasteiger partial charge on any atom is -0.320 e. The number of aromatic amines is 1. The van der Waals surface area contributed by atoms with Gasteiger partial charge in [0.25, 0.3) is 5.56 Å². The van der Waals surface area contributed by atoms with E-state index in [1.54, 1.807) is 6.07 Å². The molecule has 2 aromatic rings. The zero-order valence-corrected chi connectivity index (χ0v) is 10.6. The number of aryl methyl sites for hydroxylation is 1. The van der Waals surface area contributed by atoms with Gasteiger partial charge in [-0.1, -0.05) is 6.07 Å². The molecule has 0 aliphatic rings. The van der Waals surface area contributed by atoms with E-state index < -0.39 is 0 Å². The monoisotopic (exact) mass is 247 g/mol. The molecule has 0 bridgehead atoms. The molecule has 0 aliphatic carbocycles. The Kier molecular flexibility index (Phi) is 3.62. The van der Waals surface area contributed by atoms with Gasteiger partial charge in [0.2, 0.25) is 0 Å². The van der Waals surface area contributed by atoms with Crippen molar-refractivity contribution in [3.8, 4) is 0 Å². The van der Waals surface area contributed by atoms with Crippen molar-refractivity contribution in [3.05, 3.63) is 44.6 Å². The van der Waals surface area contributed by atoms with Crippen LogP contribution in [0.25, 0.3) is 10.9 Å². The molecular weight excluding hydrogens is 230 g/mol. The lowest BCUT2D eigenvalue weighted by Crippen LogP contribution is -2.35. The summed E-state index contributed by atoms with van der Waals surface area (Å²) < 4.78 is 1.26. The van der Waals surface area contributed by atoms with E-state index in [-0.39, 0.29) is 11.2 Å². The third-order valence-corrected chi connectivity index (χ3v) is 2.95. The maximum Gasteiger partial charge on any atom is 0.328 e. The highest BCUT2D eigenvalue weighted by molar-refractivity contribution is 5.77. The second-order valence-electron chi connectivity index (χ2n) is 4.39. The molecule has 0 spiro atoms. The highest BCUT2D eigenvalue weighted by Crippen LogP contribution is 2.07. The molecule has 96 valence electrons. The van der Waals surface area contributed by atoms with Gasteiger partial charge < -0.3 is 10.3 Å². The maximum absolute atomic E-state index is 12.2. The average Bonchev–Trinajstić information content (AvgIpc) is 2.33. The molecule has 2 N–H and O–H groups in total. The number of nitrogens with zero attached hydrogens (tertiary/aromatic N) is 1. The smallest absolute Gasteiger partial charge is 0.320 e. The van der Waals surface area contributed by atoms with Crippen molar-refractivity contribution in [1.29, 1.82) is 0 Å². The van der Waals surface area contributed by atoms with Crippen LogP contribution >= 0.6 is 0 Å². The minimum atomic E-state index is -0.339. The Bertz CT molecular complexity index is 670. The third-order valence-electron chi connectivity index (χ3n) is 2.95. The Morgan fingerprint density at radius 3 is 2.83 bits per heavy atom. The lowest BCUT2D eigenvalue weighted by atomic mass is 10.2. The molecule has 0 unspecified atom stereocenters. The standard InChI is InChI=1S/C13H17N3O2/c1-9-4-5-10-11(8-9)15-13(18)16(12(10)17)7-3-6-14-2/h4-5,8,14H,3,6-7H2,1-2H3,(H,15,18). The van der Waals surface area contributed by atoms with Gasteiger partial charge in [-0.3, -0.25) is 9.36 Å². The van der Waals surface area contributed by atoms with Crippen molar-refractivity contribution >= 4 is 10.9 Å². The molecule has 18 heavy (non-hydrogen) atoms. The Balaban J connectivity index is 2.52. The summed E-state index contributed by atoms with van der Waals surface area (Å²) >= 11 is 0. The van der Waals surface area contributed by atoms with Crippen molar-refractivity contribution in [3.63, 3.8) is 0 Å². The summed E-state index contributed by atoms with van der Waals surface area (Å²) in [6, 6.07) is 5.45. The lowest BCUT2D eigenvalue weighted by Gasteiger charge is -2.06. The summed E-state index contributed by atoms with van der Waals surface area (Å²) in [5.41, 5.74) is 1.07. The van der Waals surface area contributed by atoms with Crippen LogP contribution in [0.1, 0.15) is 12.0 Å². The van der Waals surface area contributed by atoms with E-state index in [1.807, 2.05) is 26.1 Å². The van der Waals surface area contributed by atoms with Gasteiger partial charge in [0.15, 0.2) is 0 Å². The normalized spacial score (nSPS) is 11.0. The minimum absolute atomic E-state index is 0.218. The van der Waals surface area contributed by atoms with Crippen LogP contribution in [0.15, 0.2) is 27.8 Å². The van der Waals surface area contributed by atoms with Crippen molar-refractivity contribution in [2.75, 3.05) is 13.6 Å². The zero-order valence-electron chi connectivity index (χ0n) is 10.6. The van der Waals surface area contributed by atoms with Gasteiger partial charge in [0, 0.05) is 6.54 Å². The van der Waals surface area contributed by atoms with Gasteiger partial charge in [-0.25, -0.2) is 4.79 Å². The molecule has 0 radical (unpaired) electrons. The van der Waals surface area contributed by atoms with Crippen LogP contribution in [0.2, 0.25) is 0 Å². The number of fused-ring (bicyclic) bond motifs is 1. The van der Waals surface area contributed by atoms with Crippen molar-refractivity contribution < 1.29 is 0 Å². The number of hydrogen-bond donors (Lipinski definition) is 2. The van der Waals surface area contributed by atoms with E-state index in [0.29, 0.717) is 17.4 Å². The summed E-state index contributed by atoms with van der Waals surface area (Å²) in [7, 11) is 1.84. The lowest BCUT2D eigenvalue weighted by molar-refractivity contribution is 0.578. The fourth-order valence-electron chi connectivity index (χ4n) is 1.99. The van der Waals surface area contributed by atoms with E-state index in [2.05, 4.69) is 10.3 Å². The van der Waals surface area contributed by atoms with Crippen LogP contribution in [-0.2, 0) is 6.54 Å². The first-order chi connectivity index (χ1) is 8.63. The van der Waals surface area contributed by atoms with Crippen LogP contribution in [0.4, 0.5) is 0 Å².